The zero-order valence-electron chi connectivity index (χ0n) is 7.94. The smallest absolute Gasteiger partial charge is 0.101 e. The van der Waals surface area contributed by atoms with Gasteiger partial charge >= 0.3 is 0 Å². The van der Waals surface area contributed by atoms with Gasteiger partial charge in [-0.15, -0.1) is 0 Å². The number of benzene rings is 1. The van der Waals surface area contributed by atoms with E-state index in [0.29, 0.717) is 16.3 Å². The maximum atomic E-state index is 8.85. The van der Waals surface area contributed by atoms with Crippen molar-refractivity contribution in [3.63, 3.8) is 0 Å². The highest BCUT2D eigenvalue weighted by molar-refractivity contribution is 6.32. The van der Waals surface area contributed by atoms with Crippen LogP contribution in [0.1, 0.15) is 5.56 Å². The summed E-state index contributed by atoms with van der Waals surface area (Å²) in [4.78, 5) is 0. The van der Waals surface area contributed by atoms with Crippen molar-refractivity contribution in [3.8, 4) is 6.07 Å². The molecule has 0 spiro atoms. The van der Waals surface area contributed by atoms with Crippen molar-refractivity contribution in [1.82, 2.24) is 0 Å². The first-order valence-corrected chi connectivity index (χ1v) is 4.77. The Morgan fingerprint density at radius 1 is 1.40 bits per heavy atom. The third kappa shape index (κ3) is 3.10. The number of nitriles is 1. The van der Waals surface area contributed by atoms with Gasteiger partial charge in [0.15, 0.2) is 0 Å². The van der Waals surface area contributed by atoms with E-state index in [2.05, 4.69) is 5.32 Å². The van der Waals surface area contributed by atoms with Gasteiger partial charge in [-0.3, -0.25) is 0 Å². The molecular formula is C10H11ClN2O2. The minimum absolute atomic E-state index is 0.172. The molecule has 0 aliphatic rings. The molecule has 0 amide bonds. The van der Waals surface area contributed by atoms with E-state index in [0.717, 1.165) is 0 Å². The summed E-state index contributed by atoms with van der Waals surface area (Å²) in [7, 11) is 0. The first-order chi connectivity index (χ1) is 7.21. The summed E-state index contributed by atoms with van der Waals surface area (Å²) in [5, 5.41) is 29.6. The summed E-state index contributed by atoms with van der Waals surface area (Å²) < 4.78 is 0. The van der Waals surface area contributed by atoms with Crippen molar-refractivity contribution >= 4 is 17.3 Å². The summed E-state index contributed by atoms with van der Waals surface area (Å²) >= 11 is 5.81. The SMILES string of the molecule is N#Cc1ccc(NC(CO)CO)cc1Cl. The van der Waals surface area contributed by atoms with Crippen molar-refractivity contribution in [3.05, 3.63) is 28.8 Å². The van der Waals surface area contributed by atoms with Crippen LogP contribution in [-0.4, -0.2) is 29.5 Å². The maximum Gasteiger partial charge on any atom is 0.101 e. The fourth-order valence-electron chi connectivity index (χ4n) is 1.08. The molecule has 0 heterocycles. The molecule has 0 radical (unpaired) electrons. The minimum atomic E-state index is -0.422. The first kappa shape index (κ1) is 11.8. The van der Waals surface area contributed by atoms with Crippen molar-refractivity contribution in [2.24, 2.45) is 0 Å². The number of aliphatic hydroxyl groups is 2. The minimum Gasteiger partial charge on any atom is -0.394 e. The van der Waals surface area contributed by atoms with E-state index >= 15 is 0 Å². The molecule has 1 aromatic carbocycles. The third-order valence-electron chi connectivity index (χ3n) is 1.90. The molecule has 1 rings (SSSR count). The van der Waals surface area contributed by atoms with Gasteiger partial charge in [0.2, 0.25) is 0 Å². The zero-order valence-corrected chi connectivity index (χ0v) is 8.70. The maximum absolute atomic E-state index is 8.85. The van der Waals surface area contributed by atoms with Crippen LogP contribution in [0.5, 0.6) is 0 Å². The monoisotopic (exact) mass is 226 g/mol. The topological polar surface area (TPSA) is 76.3 Å². The van der Waals surface area contributed by atoms with Crippen LogP contribution in [0.4, 0.5) is 5.69 Å². The molecule has 0 saturated carbocycles. The standard InChI is InChI=1S/C10H11ClN2O2/c11-10-3-8(2-1-7(10)4-12)13-9(5-14)6-15/h1-3,9,13-15H,5-6H2. The highest BCUT2D eigenvalue weighted by Crippen LogP contribution is 2.20. The molecule has 0 atom stereocenters. The van der Waals surface area contributed by atoms with E-state index < -0.39 is 6.04 Å². The molecule has 4 nitrogen and oxygen atoms in total. The van der Waals surface area contributed by atoms with E-state index in [1.807, 2.05) is 6.07 Å². The summed E-state index contributed by atoms with van der Waals surface area (Å²) in [6.07, 6.45) is 0. The lowest BCUT2D eigenvalue weighted by atomic mass is 10.2. The number of aliphatic hydroxyl groups excluding tert-OH is 2. The second-order valence-electron chi connectivity index (χ2n) is 3.01. The largest absolute Gasteiger partial charge is 0.394 e. The van der Waals surface area contributed by atoms with Crippen LogP contribution in [0, 0.1) is 11.3 Å². The summed E-state index contributed by atoms with van der Waals surface area (Å²) in [6.45, 7) is -0.345. The van der Waals surface area contributed by atoms with Crippen molar-refractivity contribution in [2.45, 2.75) is 6.04 Å². The van der Waals surface area contributed by atoms with Crippen LogP contribution >= 0.6 is 11.6 Å². The Morgan fingerprint density at radius 3 is 2.53 bits per heavy atom. The predicted molar refractivity (Wildman–Crippen MR) is 57.7 cm³/mol. The quantitative estimate of drug-likeness (QED) is 0.715. The Morgan fingerprint density at radius 2 is 2.07 bits per heavy atom. The van der Waals surface area contributed by atoms with E-state index in [-0.39, 0.29) is 13.2 Å². The predicted octanol–water partition coefficient (Wildman–Crippen LogP) is 0.977. The highest BCUT2D eigenvalue weighted by Gasteiger charge is 2.06. The molecule has 0 unspecified atom stereocenters. The van der Waals surface area contributed by atoms with E-state index in [1.54, 1.807) is 18.2 Å². The Bertz CT molecular complexity index is 372. The Balaban J connectivity index is 2.80. The second kappa shape index (κ2) is 5.56. The molecule has 0 bridgehead atoms. The number of anilines is 1. The number of rotatable bonds is 4. The molecule has 0 aromatic heterocycles. The summed E-state index contributed by atoms with van der Waals surface area (Å²) in [5.41, 5.74) is 1.05. The van der Waals surface area contributed by atoms with Crippen LogP contribution in [0.15, 0.2) is 18.2 Å². The van der Waals surface area contributed by atoms with Crippen LogP contribution in [0.25, 0.3) is 0 Å². The van der Waals surface area contributed by atoms with Crippen molar-refractivity contribution < 1.29 is 10.2 Å². The van der Waals surface area contributed by atoms with Gasteiger partial charge in [-0.05, 0) is 18.2 Å². The number of nitrogens with one attached hydrogen (secondary N) is 1. The fraction of sp³-hybridized carbons (Fsp3) is 0.300. The molecule has 3 N–H and O–H groups in total. The normalized spacial score (nSPS) is 10.1. The molecule has 0 saturated heterocycles. The van der Waals surface area contributed by atoms with Gasteiger partial charge in [0.25, 0.3) is 0 Å². The van der Waals surface area contributed by atoms with Crippen LogP contribution in [-0.2, 0) is 0 Å². The molecule has 0 fully saturated rings. The van der Waals surface area contributed by atoms with Gasteiger partial charge in [-0.25, -0.2) is 0 Å². The van der Waals surface area contributed by atoms with Crippen LogP contribution in [0.3, 0.4) is 0 Å². The number of hydrogen-bond donors (Lipinski definition) is 3. The van der Waals surface area contributed by atoms with Crippen LogP contribution in [0.2, 0.25) is 5.02 Å². The highest BCUT2D eigenvalue weighted by atomic mass is 35.5. The third-order valence-corrected chi connectivity index (χ3v) is 2.21. The van der Waals surface area contributed by atoms with Gasteiger partial charge in [0.1, 0.15) is 6.07 Å². The fourth-order valence-corrected chi connectivity index (χ4v) is 1.30. The molecule has 5 heteroatoms. The van der Waals surface area contributed by atoms with Crippen molar-refractivity contribution in [2.75, 3.05) is 18.5 Å². The van der Waals surface area contributed by atoms with E-state index in [1.165, 1.54) is 0 Å². The van der Waals surface area contributed by atoms with Crippen molar-refractivity contribution in [1.29, 1.82) is 5.26 Å². The Kier molecular flexibility index (Phi) is 4.37. The summed E-state index contributed by atoms with van der Waals surface area (Å²) in [6, 6.07) is 6.35. The summed E-state index contributed by atoms with van der Waals surface area (Å²) in [5.74, 6) is 0. The average molecular weight is 227 g/mol. The number of halogens is 1. The molecular weight excluding hydrogens is 216 g/mol. The van der Waals surface area contributed by atoms with Crippen LogP contribution < -0.4 is 5.32 Å². The Hall–Kier alpha value is -1.28. The molecule has 0 aliphatic heterocycles. The lowest BCUT2D eigenvalue weighted by molar-refractivity contribution is 0.204. The molecule has 80 valence electrons. The van der Waals surface area contributed by atoms with Gasteiger partial charge < -0.3 is 15.5 Å². The first-order valence-electron chi connectivity index (χ1n) is 4.39. The molecule has 1 aromatic rings. The van der Waals surface area contributed by atoms with Gasteiger partial charge in [0.05, 0.1) is 29.8 Å². The number of hydrogen-bond acceptors (Lipinski definition) is 4. The van der Waals surface area contributed by atoms with E-state index in [9.17, 15) is 0 Å². The number of nitrogens with zero attached hydrogens (tertiary/aromatic N) is 1. The second-order valence-corrected chi connectivity index (χ2v) is 3.42. The average Bonchev–Trinajstić information content (AvgIpc) is 2.26. The molecule has 15 heavy (non-hydrogen) atoms. The molecule has 0 aliphatic carbocycles. The van der Waals surface area contributed by atoms with Gasteiger partial charge in [0, 0.05) is 5.69 Å². The lowest BCUT2D eigenvalue weighted by Gasteiger charge is -2.14. The zero-order chi connectivity index (χ0) is 11.3. The Labute approximate surface area is 92.7 Å². The van der Waals surface area contributed by atoms with Gasteiger partial charge in [-0.2, -0.15) is 5.26 Å². The van der Waals surface area contributed by atoms with E-state index in [4.69, 9.17) is 27.1 Å². The lowest BCUT2D eigenvalue weighted by Crippen LogP contribution is -2.27. The van der Waals surface area contributed by atoms with Gasteiger partial charge in [-0.1, -0.05) is 11.6 Å².